The van der Waals surface area contributed by atoms with Crippen LogP contribution in [0.25, 0.3) is 11.1 Å². The molecule has 2 aliphatic rings. The van der Waals surface area contributed by atoms with Crippen LogP contribution in [0.3, 0.4) is 0 Å². The minimum Gasteiger partial charge on any atom is -0.496 e. The molecule has 1 spiro atoms. The number of amides is 1. The average molecular weight is 380 g/mol. The van der Waals surface area contributed by atoms with Crippen LogP contribution in [0.15, 0.2) is 48.5 Å². The van der Waals surface area contributed by atoms with Crippen LogP contribution in [-0.2, 0) is 4.74 Å². The van der Waals surface area contributed by atoms with Crippen molar-refractivity contribution in [1.29, 1.82) is 0 Å². The third-order valence-electron chi connectivity index (χ3n) is 5.95. The van der Waals surface area contributed by atoms with Crippen LogP contribution < -0.4 is 4.74 Å². The van der Waals surface area contributed by atoms with Crippen LogP contribution in [0, 0.1) is 0 Å². The smallest absolute Gasteiger partial charge is 0.253 e. The van der Waals surface area contributed by atoms with Gasteiger partial charge in [-0.1, -0.05) is 30.3 Å². The summed E-state index contributed by atoms with van der Waals surface area (Å²) < 4.78 is 11.6. The Morgan fingerprint density at radius 1 is 1.04 bits per heavy atom. The van der Waals surface area contributed by atoms with E-state index >= 15 is 0 Å². The number of rotatable bonds is 3. The summed E-state index contributed by atoms with van der Waals surface area (Å²) in [4.78, 5) is 17.2. The SMILES string of the molecule is COc1ccccc1-c1ccc(C(=O)N2CCC3(CC2)CN(C)CCO3)cc1. The van der Waals surface area contributed by atoms with Gasteiger partial charge in [-0.15, -0.1) is 0 Å². The number of hydrogen-bond donors (Lipinski definition) is 0. The number of carbonyl (C=O) groups excluding carboxylic acids is 1. The maximum absolute atomic E-state index is 13.0. The zero-order valence-electron chi connectivity index (χ0n) is 16.7. The Labute approximate surface area is 166 Å². The van der Waals surface area contributed by atoms with E-state index in [1.165, 1.54) is 0 Å². The van der Waals surface area contributed by atoms with Gasteiger partial charge in [0.25, 0.3) is 5.91 Å². The summed E-state index contributed by atoms with van der Waals surface area (Å²) in [5, 5.41) is 0. The molecule has 0 unspecified atom stereocenters. The van der Waals surface area contributed by atoms with Gasteiger partial charge in [-0.25, -0.2) is 0 Å². The molecule has 0 aliphatic carbocycles. The van der Waals surface area contributed by atoms with Crippen molar-refractivity contribution in [3.8, 4) is 16.9 Å². The fourth-order valence-electron chi connectivity index (χ4n) is 4.31. The first-order chi connectivity index (χ1) is 13.6. The normalized spacial score (nSPS) is 19.6. The highest BCUT2D eigenvalue weighted by molar-refractivity contribution is 5.95. The topological polar surface area (TPSA) is 42.0 Å². The van der Waals surface area contributed by atoms with Gasteiger partial charge in [0.15, 0.2) is 0 Å². The Bertz CT molecular complexity index is 826. The highest BCUT2D eigenvalue weighted by Crippen LogP contribution is 2.32. The van der Waals surface area contributed by atoms with Crippen LogP contribution >= 0.6 is 0 Å². The van der Waals surface area contributed by atoms with Gasteiger partial charge in [-0.3, -0.25) is 4.79 Å². The summed E-state index contributed by atoms with van der Waals surface area (Å²) >= 11 is 0. The summed E-state index contributed by atoms with van der Waals surface area (Å²) in [6.45, 7) is 4.24. The van der Waals surface area contributed by atoms with Crippen molar-refractivity contribution in [2.75, 3.05) is 46.9 Å². The Kier molecular flexibility index (Phi) is 5.38. The molecule has 2 aromatic rings. The molecule has 5 heteroatoms. The number of piperidine rings is 1. The summed E-state index contributed by atoms with van der Waals surface area (Å²) in [7, 11) is 3.82. The number of ether oxygens (including phenoxy) is 2. The zero-order valence-corrected chi connectivity index (χ0v) is 16.7. The summed E-state index contributed by atoms with van der Waals surface area (Å²) in [6, 6.07) is 15.7. The minimum absolute atomic E-state index is 0.0719. The third-order valence-corrected chi connectivity index (χ3v) is 5.95. The van der Waals surface area contributed by atoms with Crippen molar-refractivity contribution in [3.05, 3.63) is 54.1 Å². The lowest BCUT2D eigenvalue weighted by Crippen LogP contribution is -2.56. The van der Waals surface area contributed by atoms with Gasteiger partial charge in [0, 0.05) is 37.3 Å². The first kappa shape index (κ1) is 19.0. The maximum atomic E-state index is 13.0. The Balaban J connectivity index is 1.43. The van der Waals surface area contributed by atoms with Gasteiger partial charge in [0.2, 0.25) is 0 Å². The molecule has 5 nitrogen and oxygen atoms in total. The first-order valence-corrected chi connectivity index (χ1v) is 9.95. The second-order valence-electron chi connectivity index (χ2n) is 7.84. The van der Waals surface area contributed by atoms with Gasteiger partial charge in [0.05, 0.1) is 19.3 Å². The third kappa shape index (κ3) is 3.77. The van der Waals surface area contributed by atoms with Gasteiger partial charge >= 0.3 is 0 Å². The minimum atomic E-state index is -0.0719. The molecule has 2 fully saturated rings. The fraction of sp³-hybridized carbons (Fsp3) is 0.435. The monoisotopic (exact) mass is 380 g/mol. The van der Waals surface area contributed by atoms with Crippen molar-refractivity contribution in [2.24, 2.45) is 0 Å². The number of nitrogens with zero attached hydrogens (tertiary/aromatic N) is 2. The van der Waals surface area contributed by atoms with E-state index in [4.69, 9.17) is 9.47 Å². The molecule has 4 rings (SSSR count). The van der Waals surface area contributed by atoms with Crippen LogP contribution in [0.2, 0.25) is 0 Å². The highest BCUT2D eigenvalue weighted by Gasteiger charge is 2.39. The number of likely N-dealkylation sites (N-methyl/N-ethyl adjacent to an activating group) is 1. The van der Waals surface area contributed by atoms with Gasteiger partial charge < -0.3 is 19.3 Å². The van der Waals surface area contributed by atoms with Crippen molar-refractivity contribution in [2.45, 2.75) is 18.4 Å². The summed E-state index contributed by atoms with van der Waals surface area (Å²) in [6.07, 6.45) is 1.81. The van der Waals surface area contributed by atoms with E-state index in [0.717, 1.165) is 68.1 Å². The molecule has 0 saturated carbocycles. The molecule has 2 saturated heterocycles. The average Bonchev–Trinajstić information content (AvgIpc) is 2.74. The zero-order chi connectivity index (χ0) is 19.6. The van der Waals surface area contributed by atoms with E-state index in [1.54, 1.807) is 7.11 Å². The summed E-state index contributed by atoms with van der Waals surface area (Å²) in [5.41, 5.74) is 2.74. The van der Waals surface area contributed by atoms with E-state index in [1.807, 2.05) is 53.4 Å². The molecule has 1 amide bonds. The van der Waals surface area contributed by atoms with Crippen LogP contribution in [0.1, 0.15) is 23.2 Å². The molecule has 2 aliphatic heterocycles. The number of benzene rings is 2. The van der Waals surface area contributed by atoms with Crippen molar-refractivity contribution < 1.29 is 14.3 Å². The largest absolute Gasteiger partial charge is 0.496 e. The fourth-order valence-corrected chi connectivity index (χ4v) is 4.31. The van der Waals surface area contributed by atoms with E-state index in [0.29, 0.717) is 0 Å². The number of morpholine rings is 1. The molecule has 0 radical (unpaired) electrons. The Morgan fingerprint density at radius 3 is 2.43 bits per heavy atom. The molecule has 2 aromatic carbocycles. The molecule has 28 heavy (non-hydrogen) atoms. The molecule has 0 atom stereocenters. The molecular formula is C23H28N2O3. The van der Waals surface area contributed by atoms with E-state index < -0.39 is 0 Å². The van der Waals surface area contributed by atoms with Gasteiger partial charge in [0.1, 0.15) is 5.75 Å². The number of likely N-dealkylation sites (tertiary alicyclic amines) is 1. The number of methoxy groups -OCH3 is 1. The van der Waals surface area contributed by atoms with Crippen molar-refractivity contribution in [1.82, 2.24) is 9.80 Å². The van der Waals surface area contributed by atoms with E-state index in [9.17, 15) is 4.79 Å². The maximum Gasteiger partial charge on any atom is 0.253 e. The van der Waals surface area contributed by atoms with Crippen molar-refractivity contribution in [3.63, 3.8) is 0 Å². The predicted octanol–water partition coefficient (Wildman–Crippen LogP) is 3.30. The van der Waals surface area contributed by atoms with E-state index in [2.05, 4.69) is 11.9 Å². The lowest BCUT2D eigenvalue weighted by atomic mass is 9.89. The molecule has 2 heterocycles. The second kappa shape index (κ2) is 7.94. The van der Waals surface area contributed by atoms with Gasteiger partial charge in [-0.05, 0) is 43.7 Å². The molecule has 148 valence electrons. The molecular weight excluding hydrogens is 352 g/mol. The summed E-state index contributed by atoms with van der Waals surface area (Å²) in [5.74, 6) is 0.936. The lowest BCUT2D eigenvalue weighted by Gasteiger charge is -2.46. The van der Waals surface area contributed by atoms with E-state index in [-0.39, 0.29) is 11.5 Å². The van der Waals surface area contributed by atoms with Gasteiger partial charge in [-0.2, -0.15) is 0 Å². The lowest BCUT2D eigenvalue weighted by molar-refractivity contribution is -0.127. The number of para-hydroxylation sites is 1. The quantitative estimate of drug-likeness (QED) is 0.819. The molecule has 0 aromatic heterocycles. The first-order valence-electron chi connectivity index (χ1n) is 9.95. The van der Waals surface area contributed by atoms with Crippen molar-refractivity contribution >= 4 is 5.91 Å². The standard InChI is InChI=1S/C23H28N2O3/c1-24-15-16-28-23(17-24)11-13-25(14-12-23)22(26)19-9-7-18(8-10-19)20-5-3-4-6-21(20)27-2/h3-10H,11-17H2,1-2H3. The Hall–Kier alpha value is -2.37. The Morgan fingerprint density at radius 2 is 1.75 bits per heavy atom. The molecule has 0 N–H and O–H groups in total. The number of carbonyl (C=O) groups is 1. The number of hydrogen-bond acceptors (Lipinski definition) is 4. The second-order valence-corrected chi connectivity index (χ2v) is 7.84. The van der Waals surface area contributed by atoms with Crippen LogP contribution in [-0.4, -0.2) is 68.3 Å². The molecule has 0 bridgehead atoms. The predicted molar refractivity (Wildman–Crippen MR) is 110 cm³/mol. The highest BCUT2D eigenvalue weighted by atomic mass is 16.5. The van der Waals surface area contributed by atoms with Crippen LogP contribution in [0.5, 0.6) is 5.75 Å². The van der Waals surface area contributed by atoms with Crippen LogP contribution in [0.4, 0.5) is 0 Å².